The van der Waals surface area contributed by atoms with Crippen molar-refractivity contribution in [2.75, 3.05) is 0 Å². The van der Waals surface area contributed by atoms with Crippen LogP contribution in [0.4, 0.5) is 0 Å². The molecule has 1 nitrogen and oxygen atoms in total. The number of fused-ring (bicyclic) bond motifs is 4. The first-order valence-corrected chi connectivity index (χ1v) is 10.2. The van der Waals surface area contributed by atoms with Crippen LogP contribution in [0.1, 0.15) is 21.6 Å². The summed E-state index contributed by atoms with van der Waals surface area (Å²) in [5.41, 5.74) is 5.29. The molecule has 0 fully saturated rings. The summed E-state index contributed by atoms with van der Waals surface area (Å²) in [6.45, 7) is 8.95. The molecule has 2 aromatic heterocycles. The van der Waals surface area contributed by atoms with Crippen LogP contribution in [-0.4, -0.2) is 4.98 Å². The third-order valence-electron chi connectivity index (χ3n) is 6.50. The molecule has 6 aromatic rings. The molecular formula is C25H19NS. The number of thiophene rings is 1. The van der Waals surface area contributed by atoms with Gasteiger partial charge < -0.3 is 0 Å². The Morgan fingerprint density at radius 1 is 0.667 bits per heavy atom. The molecule has 0 saturated heterocycles. The van der Waals surface area contributed by atoms with E-state index in [-0.39, 0.29) is 0 Å². The Kier molecular flexibility index (Phi) is 2.82. The summed E-state index contributed by atoms with van der Waals surface area (Å²) in [7, 11) is 0. The smallest absolute Gasteiger partial charge is 0.0793 e. The fourth-order valence-corrected chi connectivity index (χ4v) is 5.89. The zero-order chi connectivity index (χ0) is 18.4. The number of benzene rings is 4. The zero-order valence-electron chi connectivity index (χ0n) is 15.9. The van der Waals surface area contributed by atoms with Crippen molar-refractivity contribution in [1.29, 1.82) is 0 Å². The van der Waals surface area contributed by atoms with E-state index in [2.05, 4.69) is 64.1 Å². The van der Waals surface area contributed by atoms with E-state index in [0.29, 0.717) is 0 Å². The second-order valence-corrected chi connectivity index (χ2v) is 8.99. The SMILES string of the molecule is Cc1sc2cc3c(cc2c1C)c1cccc2c(C)c(C)c4ccnc3c4c21. The minimum atomic E-state index is 1.14. The molecular weight excluding hydrogens is 346 g/mol. The van der Waals surface area contributed by atoms with Crippen LogP contribution >= 0.6 is 11.3 Å². The summed E-state index contributed by atoms with van der Waals surface area (Å²) < 4.78 is 1.36. The van der Waals surface area contributed by atoms with Gasteiger partial charge >= 0.3 is 0 Å². The van der Waals surface area contributed by atoms with E-state index in [4.69, 9.17) is 4.98 Å². The van der Waals surface area contributed by atoms with E-state index in [0.717, 1.165) is 5.52 Å². The first kappa shape index (κ1) is 15.4. The van der Waals surface area contributed by atoms with Gasteiger partial charge in [0.25, 0.3) is 0 Å². The van der Waals surface area contributed by atoms with Crippen molar-refractivity contribution in [1.82, 2.24) is 4.98 Å². The van der Waals surface area contributed by atoms with Crippen LogP contribution in [0.2, 0.25) is 0 Å². The summed E-state index contributed by atoms with van der Waals surface area (Å²) >= 11 is 1.89. The summed E-state index contributed by atoms with van der Waals surface area (Å²) in [4.78, 5) is 6.28. The molecule has 2 heterocycles. The summed E-state index contributed by atoms with van der Waals surface area (Å²) in [6, 6.07) is 13.7. The fraction of sp³-hybridized carbons (Fsp3) is 0.160. The summed E-state index contributed by atoms with van der Waals surface area (Å²) in [5.74, 6) is 0. The van der Waals surface area contributed by atoms with E-state index in [1.54, 1.807) is 0 Å². The molecule has 0 unspecified atom stereocenters. The number of pyridine rings is 1. The molecule has 0 aliphatic heterocycles. The van der Waals surface area contributed by atoms with Gasteiger partial charge in [-0.25, -0.2) is 0 Å². The molecule has 130 valence electrons. The van der Waals surface area contributed by atoms with Crippen molar-refractivity contribution >= 4 is 64.6 Å². The highest BCUT2D eigenvalue weighted by Crippen LogP contribution is 2.44. The van der Waals surface area contributed by atoms with Gasteiger partial charge in [0.2, 0.25) is 0 Å². The fourth-order valence-electron chi connectivity index (χ4n) is 4.80. The third-order valence-corrected chi connectivity index (χ3v) is 7.67. The van der Waals surface area contributed by atoms with E-state index in [1.807, 2.05) is 17.5 Å². The lowest BCUT2D eigenvalue weighted by atomic mass is 9.87. The normalized spacial score (nSPS) is 12.4. The van der Waals surface area contributed by atoms with Gasteiger partial charge in [-0.2, -0.15) is 0 Å². The molecule has 0 aliphatic rings. The van der Waals surface area contributed by atoms with Gasteiger partial charge in [0, 0.05) is 26.5 Å². The molecule has 0 saturated carbocycles. The molecule has 0 spiro atoms. The summed E-state index contributed by atoms with van der Waals surface area (Å²) in [5, 5.41) is 10.7. The second-order valence-electron chi connectivity index (χ2n) is 7.74. The molecule has 0 aliphatic carbocycles. The Balaban J connectivity index is 2.04. The monoisotopic (exact) mass is 365 g/mol. The predicted molar refractivity (Wildman–Crippen MR) is 120 cm³/mol. The molecule has 0 N–H and O–H groups in total. The second kappa shape index (κ2) is 4.96. The molecule has 6 rings (SSSR count). The maximum Gasteiger partial charge on any atom is 0.0793 e. The molecule has 0 amide bonds. The lowest BCUT2D eigenvalue weighted by Gasteiger charge is -2.18. The van der Waals surface area contributed by atoms with Gasteiger partial charge in [-0.1, -0.05) is 18.2 Å². The predicted octanol–water partition coefficient (Wildman–Crippen LogP) is 7.58. The van der Waals surface area contributed by atoms with Gasteiger partial charge in [0.1, 0.15) is 0 Å². The minimum absolute atomic E-state index is 1.14. The maximum atomic E-state index is 4.87. The van der Waals surface area contributed by atoms with Gasteiger partial charge in [-0.3, -0.25) is 4.98 Å². The zero-order valence-corrected chi connectivity index (χ0v) is 16.7. The average molecular weight is 366 g/mol. The Bertz CT molecular complexity index is 1550. The highest BCUT2D eigenvalue weighted by Gasteiger charge is 2.18. The Labute approximate surface area is 161 Å². The number of nitrogens with zero attached hydrogens (tertiary/aromatic N) is 1. The van der Waals surface area contributed by atoms with Crippen molar-refractivity contribution in [3.05, 3.63) is 64.2 Å². The minimum Gasteiger partial charge on any atom is -0.256 e. The van der Waals surface area contributed by atoms with Gasteiger partial charge in [0.05, 0.1) is 5.52 Å². The van der Waals surface area contributed by atoms with E-state index < -0.39 is 0 Å². The van der Waals surface area contributed by atoms with Gasteiger partial charge in [-0.05, 0) is 94.9 Å². The maximum absolute atomic E-state index is 4.87. The largest absolute Gasteiger partial charge is 0.256 e. The van der Waals surface area contributed by atoms with Crippen molar-refractivity contribution in [2.45, 2.75) is 27.7 Å². The third kappa shape index (κ3) is 1.77. The topological polar surface area (TPSA) is 12.9 Å². The highest BCUT2D eigenvalue weighted by atomic mass is 32.1. The Morgan fingerprint density at radius 2 is 1.41 bits per heavy atom. The van der Waals surface area contributed by atoms with E-state index in [1.165, 1.54) is 69.4 Å². The van der Waals surface area contributed by atoms with Gasteiger partial charge in [-0.15, -0.1) is 11.3 Å². The first-order valence-electron chi connectivity index (χ1n) is 9.41. The quantitative estimate of drug-likeness (QED) is 0.200. The summed E-state index contributed by atoms with van der Waals surface area (Å²) in [6.07, 6.45) is 1.97. The lowest BCUT2D eigenvalue weighted by Crippen LogP contribution is -1.94. The van der Waals surface area contributed by atoms with Crippen molar-refractivity contribution in [2.24, 2.45) is 0 Å². The van der Waals surface area contributed by atoms with Crippen molar-refractivity contribution in [3.8, 4) is 0 Å². The van der Waals surface area contributed by atoms with Crippen molar-refractivity contribution in [3.63, 3.8) is 0 Å². The van der Waals surface area contributed by atoms with Crippen LogP contribution in [0.25, 0.3) is 53.3 Å². The highest BCUT2D eigenvalue weighted by molar-refractivity contribution is 7.19. The molecule has 2 heteroatoms. The molecule has 4 aromatic carbocycles. The van der Waals surface area contributed by atoms with Crippen LogP contribution < -0.4 is 0 Å². The number of aryl methyl sites for hydroxylation is 4. The van der Waals surface area contributed by atoms with Crippen LogP contribution in [-0.2, 0) is 0 Å². The van der Waals surface area contributed by atoms with Crippen LogP contribution in [0.5, 0.6) is 0 Å². The average Bonchev–Trinajstić information content (AvgIpc) is 2.97. The van der Waals surface area contributed by atoms with Crippen LogP contribution in [0.15, 0.2) is 42.6 Å². The number of hydrogen-bond acceptors (Lipinski definition) is 2. The number of hydrogen-bond donors (Lipinski definition) is 0. The van der Waals surface area contributed by atoms with E-state index >= 15 is 0 Å². The van der Waals surface area contributed by atoms with Crippen LogP contribution in [0, 0.1) is 27.7 Å². The number of aromatic nitrogens is 1. The Morgan fingerprint density at radius 3 is 2.22 bits per heavy atom. The lowest BCUT2D eigenvalue weighted by molar-refractivity contribution is 1.39. The van der Waals surface area contributed by atoms with Crippen molar-refractivity contribution < 1.29 is 0 Å². The standard InChI is InChI=1S/C25H19NS/c1-12-13(2)17-8-9-26-25-21-11-22-19(14(3)15(4)27-22)10-20(21)18-7-5-6-16(12)23(18)24(17)25/h5-11H,1-4H3. The molecule has 0 bridgehead atoms. The van der Waals surface area contributed by atoms with E-state index in [9.17, 15) is 0 Å². The Hall–Kier alpha value is -2.71. The number of rotatable bonds is 0. The first-order chi connectivity index (χ1) is 13.1. The van der Waals surface area contributed by atoms with Gasteiger partial charge in [0.15, 0.2) is 0 Å². The van der Waals surface area contributed by atoms with Crippen LogP contribution in [0.3, 0.4) is 0 Å². The molecule has 27 heavy (non-hydrogen) atoms. The molecule has 0 atom stereocenters. The molecule has 0 radical (unpaired) electrons.